The summed E-state index contributed by atoms with van der Waals surface area (Å²) in [6.45, 7) is 9.00. The second-order valence-electron chi connectivity index (χ2n) is 16.3. The molecule has 26 heteroatoms. The fourth-order valence-corrected chi connectivity index (χ4v) is 7.33. The number of carboxylic acid groups (broad SMARTS) is 3. The third kappa shape index (κ3) is 43.9. The van der Waals surface area contributed by atoms with Gasteiger partial charge in [-0.05, 0) is 74.0 Å². The summed E-state index contributed by atoms with van der Waals surface area (Å²) in [4.78, 5) is 120. The molecule has 444 valence electrons. The number of nitrogens with zero attached hydrogens (tertiary/aromatic N) is 5. The topological polar surface area (TPSA) is 370 Å². The number of amides is 4. The van der Waals surface area contributed by atoms with Crippen molar-refractivity contribution in [3.63, 3.8) is 0 Å². The second-order valence-corrected chi connectivity index (χ2v) is 17.2. The van der Waals surface area contributed by atoms with Crippen molar-refractivity contribution in [1.82, 2.24) is 40.4 Å². The largest absolute Gasteiger partial charge is 0.483 e. The Bertz CT molecular complexity index is 1880. The predicted octanol–water partition coefficient (Wildman–Crippen LogP) is 0.154. The lowest BCUT2D eigenvalue weighted by Gasteiger charge is -2.32. The lowest BCUT2D eigenvalue weighted by atomic mass is 10.1. The van der Waals surface area contributed by atoms with E-state index < -0.39 is 11.9 Å². The SMILES string of the molecule is CCC=O.CCNC(C=O)CCCCN(Cc1ccc(Br)cc1)C(=O)c1ccc(CNC(=O)CCCCNC(=O)CN2CCN(CC=O)CCN(CC(=O)O)CCN(CC(=O)O)CC2)cc1.CO.CO.CO.NC=O.O=CO. The molecule has 0 bridgehead atoms. The molecule has 3 rings (SSSR count). The maximum atomic E-state index is 13.7. The number of benzene rings is 2. The number of aliphatic carboxylic acids is 2. The fourth-order valence-electron chi connectivity index (χ4n) is 7.07. The number of aldehydes is 3. The predicted molar refractivity (Wildman–Crippen MR) is 298 cm³/mol. The van der Waals surface area contributed by atoms with E-state index >= 15 is 0 Å². The van der Waals surface area contributed by atoms with Crippen molar-refractivity contribution in [1.29, 1.82) is 0 Å². The normalized spacial score (nSPS) is 13.1. The number of primary amides is 1. The minimum atomic E-state index is -0.995. The van der Waals surface area contributed by atoms with Gasteiger partial charge in [-0.3, -0.25) is 53.2 Å². The van der Waals surface area contributed by atoms with Crippen LogP contribution in [0.2, 0.25) is 0 Å². The highest BCUT2D eigenvalue weighted by Gasteiger charge is 2.21. The highest BCUT2D eigenvalue weighted by molar-refractivity contribution is 9.10. The van der Waals surface area contributed by atoms with Crippen molar-refractivity contribution in [3.8, 4) is 0 Å². The lowest BCUT2D eigenvalue weighted by molar-refractivity contribution is -0.140. The summed E-state index contributed by atoms with van der Waals surface area (Å²) in [5, 5.41) is 55.7. The van der Waals surface area contributed by atoms with E-state index in [1.165, 1.54) is 0 Å². The zero-order valence-electron chi connectivity index (χ0n) is 46.0. The number of rotatable bonds is 27. The number of unbranched alkanes of at least 4 members (excludes halogenated alkanes) is 2. The van der Waals surface area contributed by atoms with Gasteiger partial charge in [0.05, 0.1) is 32.2 Å². The molecule has 1 unspecified atom stereocenters. The number of halogens is 1. The number of aliphatic hydroxyl groups is 3. The Morgan fingerprint density at radius 2 is 1.12 bits per heavy atom. The number of carbonyl (C=O) groups is 10. The Morgan fingerprint density at radius 3 is 1.55 bits per heavy atom. The molecule has 0 aliphatic carbocycles. The average molecular weight is 1180 g/mol. The smallest absolute Gasteiger partial charge is 0.317 e. The van der Waals surface area contributed by atoms with Crippen LogP contribution >= 0.6 is 15.9 Å². The number of hydrogen-bond acceptors (Lipinski definition) is 18. The van der Waals surface area contributed by atoms with Crippen molar-refractivity contribution < 1.29 is 78.6 Å². The fraction of sp³-hybridized carbons (Fsp3) is 0.577. The van der Waals surface area contributed by atoms with Crippen molar-refractivity contribution in [2.24, 2.45) is 5.73 Å². The van der Waals surface area contributed by atoms with Crippen molar-refractivity contribution in [3.05, 3.63) is 69.7 Å². The Balaban J connectivity index is -0.00000153. The van der Waals surface area contributed by atoms with Crippen molar-refractivity contribution in [2.75, 3.05) is 120 Å². The molecule has 1 atom stereocenters. The average Bonchev–Trinajstić information content (AvgIpc) is 3.43. The third-order valence-corrected chi connectivity index (χ3v) is 11.3. The van der Waals surface area contributed by atoms with Gasteiger partial charge in [0, 0.05) is 123 Å². The van der Waals surface area contributed by atoms with E-state index in [0.717, 1.165) is 75.2 Å². The van der Waals surface area contributed by atoms with Crippen LogP contribution in [0.4, 0.5) is 0 Å². The summed E-state index contributed by atoms with van der Waals surface area (Å²) >= 11 is 3.47. The number of carboxylic acids is 2. The summed E-state index contributed by atoms with van der Waals surface area (Å²) < 4.78 is 0.958. The molecule has 1 aliphatic rings. The van der Waals surface area contributed by atoms with E-state index in [1.54, 1.807) is 21.9 Å². The molecule has 2 aromatic rings. The van der Waals surface area contributed by atoms with Crippen LogP contribution in [0.5, 0.6) is 0 Å². The first-order chi connectivity index (χ1) is 37.6. The molecular weight excluding hydrogens is 1090 g/mol. The Hall–Kier alpha value is -6.10. The van der Waals surface area contributed by atoms with Gasteiger partial charge in [0.2, 0.25) is 18.2 Å². The molecule has 11 N–H and O–H groups in total. The van der Waals surface area contributed by atoms with Crippen LogP contribution in [0.25, 0.3) is 0 Å². The highest BCUT2D eigenvalue weighted by atomic mass is 79.9. The van der Waals surface area contributed by atoms with E-state index in [0.29, 0.717) is 110 Å². The molecular formula is C52H88BrN9O16. The van der Waals surface area contributed by atoms with Crippen LogP contribution in [-0.2, 0) is 56.2 Å². The van der Waals surface area contributed by atoms with Crippen molar-refractivity contribution in [2.45, 2.75) is 77.9 Å². The van der Waals surface area contributed by atoms with E-state index in [1.807, 2.05) is 64.9 Å². The molecule has 1 saturated heterocycles. The van der Waals surface area contributed by atoms with Crippen LogP contribution in [0.3, 0.4) is 0 Å². The Labute approximate surface area is 467 Å². The molecule has 0 spiro atoms. The summed E-state index contributed by atoms with van der Waals surface area (Å²) in [6, 6.07) is 14.9. The number of likely N-dealkylation sites (N-methyl/N-ethyl adjacent to an activating group) is 1. The maximum absolute atomic E-state index is 13.7. The van der Waals surface area contributed by atoms with E-state index in [-0.39, 0.29) is 69.2 Å². The molecule has 1 aliphatic heterocycles. The first-order valence-electron chi connectivity index (χ1n) is 25.3. The second kappa shape index (κ2) is 55.6. The molecule has 0 aromatic heterocycles. The van der Waals surface area contributed by atoms with E-state index in [2.05, 4.69) is 37.6 Å². The molecule has 25 nitrogen and oxygen atoms in total. The van der Waals surface area contributed by atoms with Gasteiger partial charge >= 0.3 is 11.9 Å². The first kappa shape index (κ1) is 78.4. The molecule has 1 fully saturated rings. The van der Waals surface area contributed by atoms with Gasteiger partial charge in [-0.2, -0.15) is 0 Å². The van der Waals surface area contributed by atoms with Gasteiger partial charge in [0.15, 0.2) is 0 Å². The molecule has 4 amide bonds. The first-order valence-corrected chi connectivity index (χ1v) is 26.0. The Morgan fingerprint density at radius 1 is 0.654 bits per heavy atom. The summed E-state index contributed by atoms with van der Waals surface area (Å²) in [6.07, 6.45) is 7.19. The lowest BCUT2D eigenvalue weighted by Crippen LogP contribution is -2.49. The van der Waals surface area contributed by atoms with Gasteiger partial charge in [0.25, 0.3) is 12.4 Å². The van der Waals surface area contributed by atoms with Crippen LogP contribution in [-0.4, -0.2) is 242 Å². The maximum Gasteiger partial charge on any atom is 0.317 e. The zero-order valence-corrected chi connectivity index (χ0v) is 47.6. The van der Waals surface area contributed by atoms with Crippen LogP contribution in [0.15, 0.2) is 53.0 Å². The molecule has 78 heavy (non-hydrogen) atoms. The zero-order chi connectivity index (χ0) is 59.9. The number of nitrogens with one attached hydrogen (secondary N) is 3. The summed E-state index contributed by atoms with van der Waals surface area (Å²) in [5.41, 5.74) is 6.58. The quantitative estimate of drug-likeness (QED) is 0.0420. The number of carbonyl (C=O) groups excluding carboxylic acids is 7. The molecule has 1 heterocycles. The standard InChI is InChI=1S/C44H65BrN8O9.C3H6O.CH3NO.CH2O2.3CH4O/c1-2-46-39(34-55)7-4-6-18-53(30-36-11-15-38(45)16-12-36)44(62)37-13-9-35(10-14-37)29-48-40(56)8-3-5-17-47-41(57)31-50-21-19-49(27-28-54)20-22-51(32-42(58)59)25-26-52(24-23-50)33-43(60)61;1-2-3-4;2*2-1-3;3*1-2/h9-16,28,34,39,46H,2-8,17-27,29-33H2,1H3,(H,47,57)(H,48,56)(H,58,59)(H,60,61);3H,2H2,1H3;1H,(H2,2,3);1H,(H,2,3);3*2H,1H3. The number of aliphatic hydroxyl groups excluding tert-OH is 3. The number of nitrogens with two attached hydrogens (primary N) is 1. The van der Waals surface area contributed by atoms with Crippen LogP contribution < -0.4 is 21.7 Å². The van der Waals surface area contributed by atoms with Crippen molar-refractivity contribution >= 4 is 77.3 Å². The number of hydrogen-bond donors (Lipinski definition) is 10. The minimum absolute atomic E-state index is 0.0783. The van der Waals surface area contributed by atoms with Gasteiger partial charge < -0.3 is 71.6 Å². The molecule has 2 aromatic carbocycles. The third-order valence-electron chi connectivity index (χ3n) is 10.8. The van der Waals surface area contributed by atoms with Gasteiger partial charge in [-0.1, -0.05) is 54.0 Å². The molecule has 0 saturated carbocycles. The van der Waals surface area contributed by atoms with Gasteiger partial charge in [0.1, 0.15) is 18.9 Å². The van der Waals surface area contributed by atoms with Crippen LogP contribution in [0.1, 0.15) is 80.3 Å². The highest BCUT2D eigenvalue weighted by Crippen LogP contribution is 2.16. The summed E-state index contributed by atoms with van der Waals surface area (Å²) in [7, 11) is 3.00. The van der Waals surface area contributed by atoms with Gasteiger partial charge in [-0.25, -0.2) is 0 Å². The van der Waals surface area contributed by atoms with E-state index in [9.17, 15) is 48.6 Å². The van der Waals surface area contributed by atoms with E-state index in [4.69, 9.17) is 30.0 Å². The van der Waals surface area contributed by atoms with Crippen LogP contribution in [0, 0.1) is 0 Å². The Kier molecular flexibility index (Phi) is 55.9. The monoisotopic (exact) mass is 1170 g/mol. The van der Waals surface area contributed by atoms with Gasteiger partial charge in [-0.15, -0.1) is 0 Å². The summed E-state index contributed by atoms with van der Waals surface area (Å²) in [5.74, 6) is -2.40. The molecule has 0 radical (unpaired) electrons. The minimum Gasteiger partial charge on any atom is -0.483 e.